The highest BCUT2D eigenvalue weighted by Gasteiger charge is 2.18. The van der Waals surface area contributed by atoms with Gasteiger partial charge in [0.2, 0.25) is 0 Å². The number of aromatic nitrogens is 1. The van der Waals surface area contributed by atoms with E-state index in [9.17, 15) is 10.1 Å². The van der Waals surface area contributed by atoms with Gasteiger partial charge in [-0.3, -0.25) is 10.1 Å². The maximum absolute atomic E-state index is 11.1. The molecule has 0 spiro atoms. The van der Waals surface area contributed by atoms with Gasteiger partial charge in [0.1, 0.15) is 6.26 Å². The van der Waals surface area contributed by atoms with Gasteiger partial charge >= 0.3 is 0 Å². The standard InChI is InChI=1S/C11H10N4O4S/c1-6-5-19-11(13-6)20-9-3-2-7(10(12)14-16)4-8(9)15(17)18/h2-5,16H,1H3,(H2,12,14). The first kappa shape index (κ1) is 13.9. The Morgan fingerprint density at radius 3 is 2.90 bits per heavy atom. The summed E-state index contributed by atoms with van der Waals surface area (Å²) >= 11 is 1.03. The maximum Gasteiger partial charge on any atom is 0.284 e. The predicted molar refractivity (Wildman–Crippen MR) is 71.0 cm³/mol. The van der Waals surface area contributed by atoms with E-state index >= 15 is 0 Å². The molecule has 8 nitrogen and oxygen atoms in total. The number of benzene rings is 1. The molecule has 0 saturated carbocycles. The average molecular weight is 294 g/mol. The van der Waals surface area contributed by atoms with Crippen LogP contribution in [0.5, 0.6) is 0 Å². The molecule has 2 aromatic rings. The van der Waals surface area contributed by atoms with E-state index in [4.69, 9.17) is 15.4 Å². The van der Waals surface area contributed by atoms with Crippen LogP contribution in [-0.4, -0.2) is 21.0 Å². The second kappa shape index (κ2) is 5.61. The zero-order valence-corrected chi connectivity index (χ0v) is 11.1. The van der Waals surface area contributed by atoms with Gasteiger partial charge in [0.15, 0.2) is 5.84 Å². The number of nitrogens with two attached hydrogens (primary N) is 1. The number of hydrogen-bond acceptors (Lipinski definition) is 7. The van der Waals surface area contributed by atoms with Crippen LogP contribution in [-0.2, 0) is 0 Å². The fraction of sp³-hybridized carbons (Fsp3) is 0.0909. The van der Waals surface area contributed by atoms with Crippen molar-refractivity contribution in [1.82, 2.24) is 4.98 Å². The molecule has 0 atom stereocenters. The number of oxazole rings is 1. The van der Waals surface area contributed by atoms with Crippen molar-refractivity contribution >= 4 is 23.3 Å². The molecular weight excluding hydrogens is 284 g/mol. The summed E-state index contributed by atoms with van der Waals surface area (Å²) in [5.41, 5.74) is 6.18. The maximum atomic E-state index is 11.1. The first-order valence-electron chi connectivity index (χ1n) is 5.37. The van der Waals surface area contributed by atoms with Gasteiger partial charge in [0.25, 0.3) is 10.9 Å². The number of nitro groups is 1. The highest BCUT2D eigenvalue weighted by atomic mass is 32.2. The molecule has 1 aromatic heterocycles. The lowest BCUT2D eigenvalue weighted by atomic mass is 10.2. The summed E-state index contributed by atoms with van der Waals surface area (Å²) in [5.74, 6) is -0.198. The minimum absolute atomic E-state index is 0.171. The smallest absolute Gasteiger partial charge is 0.284 e. The third-order valence-electron chi connectivity index (χ3n) is 2.35. The van der Waals surface area contributed by atoms with Crippen molar-refractivity contribution in [3.8, 4) is 0 Å². The zero-order chi connectivity index (χ0) is 14.7. The number of hydrogen-bond donors (Lipinski definition) is 2. The first-order valence-corrected chi connectivity index (χ1v) is 6.19. The van der Waals surface area contributed by atoms with Gasteiger partial charge in [-0.05, 0) is 30.8 Å². The first-order chi connectivity index (χ1) is 9.51. The Labute approximate surface area is 117 Å². The minimum atomic E-state index is -0.549. The number of amidine groups is 1. The summed E-state index contributed by atoms with van der Waals surface area (Å²) in [6, 6.07) is 4.24. The number of nitrogens with zero attached hydrogens (tertiary/aromatic N) is 3. The van der Waals surface area contributed by atoms with Crippen LogP contribution >= 0.6 is 11.8 Å². The SMILES string of the molecule is Cc1coc(Sc2ccc(/C(N)=N/O)cc2[N+](=O)[O-])n1. The fourth-order valence-corrected chi connectivity index (χ4v) is 2.28. The van der Waals surface area contributed by atoms with Crippen LogP contribution < -0.4 is 5.73 Å². The summed E-state index contributed by atoms with van der Waals surface area (Å²) < 4.78 is 5.14. The third-order valence-corrected chi connectivity index (χ3v) is 3.28. The van der Waals surface area contributed by atoms with Crippen molar-refractivity contribution in [3.63, 3.8) is 0 Å². The molecule has 20 heavy (non-hydrogen) atoms. The number of aryl methyl sites for hydroxylation is 1. The molecule has 0 fully saturated rings. The normalized spacial score (nSPS) is 11.6. The lowest BCUT2D eigenvalue weighted by Crippen LogP contribution is -2.13. The van der Waals surface area contributed by atoms with Gasteiger partial charge in [-0.15, -0.1) is 0 Å². The van der Waals surface area contributed by atoms with E-state index in [-0.39, 0.29) is 17.1 Å². The van der Waals surface area contributed by atoms with Crippen molar-refractivity contribution in [3.05, 3.63) is 45.8 Å². The van der Waals surface area contributed by atoms with Gasteiger partial charge in [0, 0.05) is 11.6 Å². The van der Waals surface area contributed by atoms with Crippen LogP contribution in [0.2, 0.25) is 0 Å². The van der Waals surface area contributed by atoms with E-state index < -0.39 is 4.92 Å². The molecule has 0 unspecified atom stereocenters. The molecule has 0 radical (unpaired) electrons. The molecule has 2 rings (SSSR count). The van der Waals surface area contributed by atoms with Crippen molar-refractivity contribution < 1.29 is 14.5 Å². The van der Waals surface area contributed by atoms with Crippen LogP contribution in [0.15, 0.2) is 44.2 Å². The zero-order valence-electron chi connectivity index (χ0n) is 10.3. The lowest BCUT2D eigenvalue weighted by Gasteiger charge is -2.03. The monoisotopic (exact) mass is 294 g/mol. The number of nitro benzene ring substituents is 1. The molecule has 0 aliphatic heterocycles. The third kappa shape index (κ3) is 2.88. The second-order valence-corrected chi connectivity index (χ2v) is 4.77. The molecule has 0 bridgehead atoms. The number of rotatable bonds is 4. The summed E-state index contributed by atoms with van der Waals surface area (Å²) in [6.07, 6.45) is 1.46. The Kier molecular flexibility index (Phi) is 3.89. The van der Waals surface area contributed by atoms with Crippen molar-refractivity contribution in [2.75, 3.05) is 0 Å². The highest BCUT2D eigenvalue weighted by Crippen LogP contribution is 2.34. The Morgan fingerprint density at radius 1 is 1.60 bits per heavy atom. The van der Waals surface area contributed by atoms with Crippen molar-refractivity contribution in [2.45, 2.75) is 17.0 Å². The van der Waals surface area contributed by atoms with Crippen LogP contribution in [0.4, 0.5) is 5.69 Å². The molecule has 3 N–H and O–H groups in total. The van der Waals surface area contributed by atoms with Crippen LogP contribution in [0.25, 0.3) is 0 Å². The van der Waals surface area contributed by atoms with E-state index in [0.717, 1.165) is 11.8 Å². The average Bonchev–Trinajstić information content (AvgIpc) is 2.83. The van der Waals surface area contributed by atoms with Crippen molar-refractivity contribution in [1.29, 1.82) is 0 Å². The Morgan fingerprint density at radius 2 is 2.35 bits per heavy atom. The van der Waals surface area contributed by atoms with E-state index in [1.54, 1.807) is 6.92 Å². The van der Waals surface area contributed by atoms with Gasteiger partial charge in [0.05, 0.1) is 15.5 Å². The van der Waals surface area contributed by atoms with Gasteiger partial charge < -0.3 is 15.4 Å². The minimum Gasteiger partial charge on any atom is -0.439 e. The molecule has 0 aliphatic carbocycles. The Hall–Kier alpha value is -2.55. The molecule has 9 heteroatoms. The van der Waals surface area contributed by atoms with E-state index in [2.05, 4.69) is 10.1 Å². The van der Waals surface area contributed by atoms with Crippen LogP contribution in [0, 0.1) is 17.0 Å². The van der Waals surface area contributed by atoms with Gasteiger partial charge in [-0.25, -0.2) is 4.98 Å². The van der Waals surface area contributed by atoms with Crippen LogP contribution in [0.1, 0.15) is 11.3 Å². The molecule has 1 aromatic carbocycles. The fourth-order valence-electron chi connectivity index (χ4n) is 1.44. The largest absolute Gasteiger partial charge is 0.439 e. The summed E-state index contributed by atoms with van der Waals surface area (Å²) in [4.78, 5) is 14.9. The predicted octanol–water partition coefficient (Wildman–Crippen LogP) is 2.14. The van der Waals surface area contributed by atoms with E-state index in [1.807, 2.05) is 0 Å². The van der Waals surface area contributed by atoms with Gasteiger partial charge in [-0.1, -0.05) is 5.16 Å². The molecular formula is C11H10N4O4S. The summed E-state index contributed by atoms with van der Waals surface area (Å²) in [6.45, 7) is 1.75. The molecule has 0 saturated heterocycles. The second-order valence-electron chi connectivity index (χ2n) is 3.78. The number of oxime groups is 1. The van der Waals surface area contributed by atoms with Crippen LogP contribution in [0.3, 0.4) is 0 Å². The Bertz CT molecular complexity index is 683. The summed E-state index contributed by atoms with van der Waals surface area (Å²) in [5, 5.41) is 22.8. The molecule has 1 heterocycles. The Balaban J connectivity index is 2.40. The molecule has 0 aliphatic rings. The van der Waals surface area contributed by atoms with Crippen molar-refractivity contribution in [2.24, 2.45) is 10.9 Å². The molecule has 104 valence electrons. The summed E-state index contributed by atoms with van der Waals surface area (Å²) in [7, 11) is 0. The quantitative estimate of drug-likeness (QED) is 0.290. The van der Waals surface area contributed by atoms with E-state index in [1.165, 1.54) is 24.5 Å². The lowest BCUT2D eigenvalue weighted by molar-refractivity contribution is -0.387. The highest BCUT2D eigenvalue weighted by molar-refractivity contribution is 7.99. The van der Waals surface area contributed by atoms with E-state index in [0.29, 0.717) is 15.8 Å². The molecule has 0 amide bonds. The topological polar surface area (TPSA) is 128 Å². The van der Waals surface area contributed by atoms with Gasteiger partial charge in [-0.2, -0.15) is 0 Å².